The number of hydrogen-bond acceptors (Lipinski definition) is 2. The van der Waals surface area contributed by atoms with Crippen LogP contribution in [0.25, 0.3) is 0 Å². The van der Waals surface area contributed by atoms with Gasteiger partial charge in [-0.05, 0) is 69.6 Å². The highest BCUT2D eigenvalue weighted by atomic mass is 31.1. The molecule has 0 aromatic heterocycles. The van der Waals surface area contributed by atoms with Gasteiger partial charge in [-0.15, -0.1) is 0 Å². The molecule has 3 rings (SSSR count). The van der Waals surface area contributed by atoms with E-state index in [9.17, 15) is 4.79 Å². The van der Waals surface area contributed by atoms with Crippen LogP contribution in [0.5, 0.6) is 0 Å². The van der Waals surface area contributed by atoms with Gasteiger partial charge in [-0.25, -0.2) is 4.79 Å². The lowest BCUT2D eigenvalue weighted by Crippen LogP contribution is -2.25. The van der Waals surface area contributed by atoms with E-state index in [1.165, 1.54) is 21.8 Å². The summed E-state index contributed by atoms with van der Waals surface area (Å²) in [7, 11) is -0.864. The lowest BCUT2D eigenvalue weighted by molar-refractivity contribution is 0.0550. The summed E-state index contributed by atoms with van der Waals surface area (Å²) in [5.74, 6) is -0.270. The molecule has 3 heteroatoms. The second kappa shape index (κ2) is 12.2. The van der Waals surface area contributed by atoms with Gasteiger partial charge in [0.05, 0.1) is 5.56 Å². The molecular formula is C29H31O2P. The average Bonchev–Trinajstić information content (AvgIpc) is 2.81. The van der Waals surface area contributed by atoms with Crippen LogP contribution < -0.4 is 15.9 Å². The summed E-state index contributed by atoms with van der Waals surface area (Å²) >= 11 is 0. The van der Waals surface area contributed by atoms with Crippen molar-refractivity contribution in [3.05, 3.63) is 114 Å². The Morgan fingerprint density at radius 2 is 1.34 bits per heavy atom. The monoisotopic (exact) mass is 442 g/mol. The summed E-state index contributed by atoms with van der Waals surface area (Å²) in [5, 5.41) is 3.45. The fourth-order valence-corrected chi connectivity index (χ4v) is 5.89. The molecule has 0 heterocycles. The third-order valence-corrected chi connectivity index (χ3v) is 7.63. The van der Waals surface area contributed by atoms with Gasteiger partial charge in [-0.3, -0.25) is 0 Å². The third kappa shape index (κ3) is 6.77. The average molecular weight is 443 g/mol. The first kappa shape index (κ1) is 23.7. The maximum atomic E-state index is 13.1. The highest BCUT2D eigenvalue weighted by Crippen LogP contribution is 2.34. The van der Waals surface area contributed by atoms with Crippen molar-refractivity contribution in [2.24, 2.45) is 0 Å². The van der Waals surface area contributed by atoms with E-state index in [-0.39, 0.29) is 5.97 Å². The van der Waals surface area contributed by atoms with Crippen LogP contribution in [0.1, 0.15) is 44.0 Å². The molecule has 0 aliphatic rings. The summed E-state index contributed by atoms with van der Waals surface area (Å²) in [6, 6.07) is 28.7. The number of benzene rings is 3. The molecule has 0 amide bonds. The van der Waals surface area contributed by atoms with Crippen LogP contribution in [0.15, 0.2) is 108 Å². The predicted octanol–water partition coefficient (Wildman–Crippen LogP) is 6.29. The van der Waals surface area contributed by atoms with Crippen molar-refractivity contribution < 1.29 is 9.53 Å². The topological polar surface area (TPSA) is 26.3 Å². The van der Waals surface area contributed by atoms with E-state index in [0.717, 1.165) is 18.1 Å². The molecule has 0 aliphatic heterocycles. The highest BCUT2D eigenvalue weighted by molar-refractivity contribution is 7.80. The predicted molar refractivity (Wildman–Crippen MR) is 138 cm³/mol. The first-order valence-electron chi connectivity index (χ1n) is 11.0. The Hall–Kier alpha value is -2.96. The SMILES string of the molecule is CC(C)=CCC/C(C)=C\COC(=O)c1ccccc1P(c1ccccc1)c1ccccc1. The van der Waals surface area contributed by atoms with Crippen molar-refractivity contribution >= 4 is 29.8 Å². The van der Waals surface area contributed by atoms with Gasteiger partial charge in [0, 0.05) is 0 Å². The maximum Gasteiger partial charge on any atom is 0.339 e. The highest BCUT2D eigenvalue weighted by Gasteiger charge is 2.22. The molecule has 164 valence electrons. The van der Waals surface area contributed by atoms with Gasteiger partial charge in [-0.1, -0.05) is 96.1 Å². The second-order valence-corrected chi connectivity index (χ2v) is 10.2. The van der Waals surface area contributed by atoms with Crippen LogP contribution in [0.4, 0.5) is 0 Å². The minimum Gasteiger partial charge on any atom is -0.458 e. The number of rotatable bonds is 9. The van der Waals surface area contributed by atoms with Crippen molar-refractivity contribution in [1.82, 2.24) is 0 Å². The Morgan fingerprint density at radius 3 is 1.94 bits per heavy atom. The van der Waals surface area contributed by atoms with Gasteiger partial charge in [-0.2, -0.15) is 0 Å². The van der Waals surface area contributed by atoms with Crippen molar-refractivity contribution in [2.75, 3.05) is 6.61 Å². The first-order valence-corrected chi connectivity index (χ1v) is 12.4. The smallest absolute Gasteiger partial charge is 0.339 e. The maximum absolute atomic E-state index is 13.1. The fraction of sp³-hybridized carbons (Fsp3) is 0.207. The summed E-state index contributed by atoms with van der Waals surface area (Å²) in [5.41, 5.74) is 3.20. The lowest BCUT2D eigenvalue weighted by atomic mass is 10.1. The molecule has 0 radical (unpaired) electrons. The summed E-state index contributed by atoms with van der Waals surface area (Å²) in [6.45, 7) is 6.60. The number of ether oxygens (including phenoxy) is 1. The zero-order valence-electron chi connectivity index (χ0n) is 19.1. The second-order valence-electron chi connectivity index (χ2n) is 7.99. The van der Waals surface area contributed by atoms with Crippen molar-refractivity contribution in [1.29, 1.82) is 0 Å². The Morgan fingerprint density at radius 1 is 0.781 bits per heavy atom. The molecule has 32 heavy (non-hydrogen) atoms. The van der Waals surface area contributed by atoms with Crippen molar-refractivity contribution in [3.8, 4) is 0 Å². The van der Waals surface area contributed by atoms with Gasteiger partial charge in [0.25, 0.3) is 0 Å². The molecular weight excluding hydrogens is 411 g/mol. The third-order valence-electron chi connectivity index (χ3n) is 5.13. The first-order chi connectivity index (χ1) is 15.6. The van der Waals surface area contributed by atoms with E-state index in [1.807, 2.05) is 36.4 Å². The minimum absolute atomic E-state index is 0.270. The van der Waals surface area contributed by atoms with Gasteiger partial charge in [0.1, 0.15) is 6.61 Å². The largest absolute Gasteiger partial charge is 0.458 e. The van der Waals surface area contributed by atoms with Crippen LogP contribution in [-0.2, 0) is 4.74 Å². The van der Waals surface area contributed by atoms with E-state index in [4.69, 9.17) is 4.74 Å². The van der Waals surface area contributed by atoms with Gasteiger partial charge in [0.15, 0.2) is 0 Å². The summed E-state index contributed by atoms with van der Waals surface area (Å²) in [4.78, 5) is 13.1. The fourth-order valence-electron chi connectivity index (χ4n) is 3.45. The lowest BCUT2D eigenvalue weighted by Gasteiger charge is -2.21. The quantitative estimate of drug-likeness (QED) is 0.221. The van der Waals surface area contributed by atoms with Gasteiger partial charge in [0.2, 0.25) is 0 Å². The Bertz CT molecular complexity index is 1030. The number of allylic oxidation sites excluding steroid dienone is 3. The molecule has 0 spiro atoms. The van der Waals surface area contributed by atoms with Gasteiger partial charge < -0.3 is 4.74 Å². The molecule has 0 saturated heterocycles. The number of esters is 1. The number of carbonyl (C=O) groups is 1. The summed E-state index contributed by atoms with van der Waals surface area (Å²) in [6.07, 6.45) is 6.23. The molecule has 0 atom stereocenters. The Balaban J connectivity index is 1.82. The summed E-state index contributed by atoms with van der Waals surface area (Å²) < 4.78 is 5.67. The van der Waals surface area contributed by atoms with Crippen molar-refractivity contribution in [3.63, 3.8) is 0 Å². The van der Waals surface area contributed by atoms with E-state index >= 15 is 0 Å². The van der Waals surface area contributed by atoms with E-state index < -0.39 is 7.92 Å². The number of carbonyl (C=O) groups excluding carboxylic acids is 1. The van der Waals surface area contributed by atoms with Crippen LogP contribution in [0.2, 0.25) is 0 Å². The van der Waals surface area contributed by atoms with Crippen LogP contribution in [0, 0.1) is 0 Å². The molecule has 0 saturated carbocycles. The zero-order valence-corrected chi connectivity index (χ0v) is 20.0. The zero-order chi connectivity index (χ0) is 22.8. The van der Waals surface area contributed by atoms with Crippen LogP contribution in [-0.4, -0.2) is 12.6 Å². The molecule has 3 aromatic carbocycles. The molecule has 2 nitrogen and oxygen atoms in total. The normalized spacial score (nSPS) is 11.3. The molecule has 0 N–H and O–H groups in total. The molecule has 0 unspecified atom stereocenters. The van der Waals surface area contributed by atoms with E-state index in [2.05, 4.69) is 81.4 Å². The van der Waals surface area contributed by atoms with Crippen LogP contribution in [0.3, 0.4) is 0 Å². The Labute approximate surface area is 193 Å². The van der Waals surface area contributed by atoms with Crippen molar-refractivity contribution in [2.45, 2.75) is 33.6 Å². The Kier molecular flexibility index (Phi) is 9.01. The van der Waals surface area contributed by atoms with Crippen LogP contribution >= 0.6 is 7.92 Å². The number of hydrogen-bond donors (Lipinski definition) is 0. The standard InChI is InChI=1S/C29H31O2P/c1-23(2)13-12-14-24(3)21-22-31-29(30)27-19-10-11-20-28(27)32(25-15-6-4-7-16-25)26-17-8-5-9-18-26/h4-11,13,15-21H,12,14,22H2,1-3H3/b24-21-. The molecule has 0 bridgehead atoms. The van der Waals surface area contributed by atoms with E-state index in [0.29, 0.717) is 12.2 Å². The minimum atomic E-state index is -0.864. The molecule has 0 aliphatic carbocycles. The molecule has 0 fully saturated rings. The van der Waals surface area contributed by atoms with Gasteiger partial charge >= 0.3 is 5.97 Å². The molecule has 3 aromatic rings. The van der Waals surface area contributed by atoms with E-state index in [1.54, 1.807) is 0 Å².